The van der Waals surface area contributed by atoms with Crippen molar-refractivity contribution in [1.82, 2.24) is 14.5 Å². The topological polar surface area (TPSA) is 57.0 Å². The molecule has 0 unspecified atom stereocenters. The number of pyridine rings is 1. The molecular weight excluding hydrogens is 879 g/mol. The fourth-order valence-corrected chi connectivity index (χ4v) is 7.00. The minimum atomic E-state index is -2.18. The predicted octanol–water partition coefficient (Wildman–Crippen LogP) is 13.3. The van der Waals surface area contributed by atoms with Crippen LogP contribution in [-0.2, 0) is 20.1 Å². The van der Waals surface area contributed by atoms with Crippen molar-refractivity contribution in [1.29, 1.82) is 0 Å². The number of benzene rings is 6. The van der Waals surface area contributed by atoms with Crippen LogP contribution in [0, 0.1) is 33.0 Å². The molecule has 0 saturated carbocycles. The Hall–Kier alpha value is -6.59. The molecule has 0 aliphatic heterocycles. The standard InChI is InChI=1S/C38H25N2O2.C13H12N.Ir/c1-25-20-30(26-10-4-2-5-11-26)37(31(21-25)27-12-6-3-7-13-27)40-35-15-9-8-14-34(35)39-38(40)33-24-42-36-17-16-28(22-32(33)36)29-18-19-41-23-29;1-10-3-6-12(7-4-10)13-8-5-11(2)9-14-13;/h2-23H,1H3;3-6,8-9H,1-2H3;/q2*-1;/i;1D3,2D3;. The number of imidazole rings is 1. The largest absolute Gasteiger partial charge is 0.557 e. The minimum Gasteiger partial charge on any atom is -0.557 e. The van der Waals surface area contributed by atoms with Gasteiger partial charge in [-0.3, -0.25) is 4.98 Å². The van der Waals surface area contributed by atoms with Crippen LogP contribution in [0.3, 0.4) is 0 Å². The zero-order valence-electron chi connectivity index (χ0n) is 36.7. The molecule has 0 N–H and O–H groups in total. The van der Waals surface area contributed by atoms with Crippen LogP contribution in [0.1, 0.15) is 24.9 Å². The van der Waals surface area contributed by atoms with Crippen LogP contribution in [0.15, 0.2) is 179 Å². The fraction of sp³-hybridized carbons (Fsp3) is 0.0588. The van der Waals surface area contributed by atoms with E-state index in [0.29, 0.717) is 11.3 Å². The van der Waals surface area contributed by atoms with E-state index in [4.69, 9.17) is 22.0 Å². The fourth-order valence-electron chi connectivity index (χ4n) is 7.00. The SMILES string of the molecule is Cc1cc(-c2ccccc2)c(-n2c(-c3[c-]oc4ccc(-c5ccoc5)cc34)nc3ccccc32)c(-c2ccccc2)c1.[2H]C([2H])([2H])c1c[c-]c(-c2ccc(C([2H])([2H])[2H])cn2)cc1.[Ir]. The summed E-state index contributed by atoms with van der Waals surface area (Å²) in [6, 6.07) is 52.5. The molecule has 10 aromatic rings. The van der Waals surface area contributed by atoms with Crippen LogP contribution in [0.5, 0.6) is 0 Å². The Balaban J connectivity index is 0.000000219. The first-order valence-electron chi connectivity index (χ1n) is 21.1. The molecule has 0 spiro atoms. The Morgan fingerprint density at radius 2 is 1.39 bits per heavy atom. The summed E-state index contributed by atoms with van der Waals surface area (Å²) in [5, 5.41) is 0.944. The van der Waals surface area contributed by atoms with Crippen molar-refractivity contribution >= 4 is 22.0 Å². The number of hydrogen-bond acceptors (Lipinski definition) is 4. The molecule has 279 valence electrons. The average Bonchev–Trinajstić information content (AvgIpc) is 4.06. The molecule has 0 aliphatic rings. The van der Waals surface area contributed by atoms with Crippen molar-refractivity contribution < 1.29 is 37.2 Å². The first-order chi connectivity index (χ1) is 29.9. The number of aromatic nitrogens is 3. The van der Waals surface area contributed by atoms with Gasteiger partial charge in [-0.2, -0.15) is 0 Å². The van der Waals surface area contributed by atoms with Crippen LogP contribution in [0.25, 0.3) is 83.7 Å². The molecule has 0 atom stereocenters. The third kappa shape index (κ3) is 7.53. The predicted molar refractivity (Wildman–Crippen MR) is 226 cm³/mol. The van der Waals surface area contributed by atoms with Crippen LogP contribution in [-0.4, -0.2) is 14.5 Å². The minimum absolute atomic E-state index is 0. The summed E-state index contributed by atoms with van der Waals surface area (Å²) >= 11 is 0. The summed E-state index contributed by atoms with van der Waals surface area (Å²) in [4.78, 5) is 9.29. The summed E-state index contributed by atoms with van der Waals surface area (Å²) in [6.45, 7) is -2.18. The molecule has 6 aromatic carbocycles. The van der Waals surface area contributed by atoms with Gasteiger partial charge in [0.2, 0.25) is 0 Å². The summed E-state index contributed by atoms with van der Waals surface area (Å²) in [5.74, 6) is 0.775. The molecule has 10 rings (SSSR count). The van der Waals surface area contributed by atoms with Crippen molar-refractivity contribution in [3.05, 3.63) is 199 Å². The quantitative estimate of drug-likeness (QED) is 0.156. The monoisotopic (exact) mass is 922 g/mol. The third-order valence-corrected chi connectivity index (χ3v) is 9.65. The molecule has 1 radical (unpaired) electrons. The van der Waals surface area contributed by atoms with Crippen molar-refractivity contribution in [3.63, 3.8) is 0 Å². The smallest absolute Gasteiger partial charge is 0.0980 e. The summed E-state index contributed by atoms with van der Waals surface area (Å²) in [7, 11) is 0. The maximum Gasteiger partial charge on any atom is 0.0980 e. The number of nitrogens with zero attached hydrogens (tertiary/aromatic N) is 3. The zero-order chi connectivity index (χ0) is 43.0. The van der Waals surface area contributed by atoms with Gasteiger partial charge in [-0.25, -0.2) is 0 Å². The van der Waals surface area contributed by atoms with E-state index in [1.54, 1.807) is 24.7 Å². The van der Waals surface area contributed by atoms with E-state index in [9.17, 15) is 0 Å². The normalized spacial score (nSPS) is 12.9. The molecular formula is C51H37IrN3O2-2. The second kappa shape index (κ2) is 16.3. The Morgan fingerprint density at radius 3 is 2.04 bits per heavy atom. The van der Waals surface area contributed by atoms with Crippen molar-refractivity contribution in [2.24, 2.45) is 0 Å². The van der Waals surface area contributed by atoms with E-state index >= 15 is 0 Å². The molecule has 0 amide bonds. The van der Waals surface area contributed by atoms with Crippen LogP contribution >= 0.6 is 0 Å². The zero-order valence-corrected chi connectivity index (χ0v) is 33.1. The Morgan fingerprint density at radius 1 is 0.667 bits per heavy atom. The summed E-state index contributed by atoms with van der Waals surface area (Å²) in [6.07, 6.45) is 7.97. The van der Waals surface area contributed by atoms with Gasteiger partial charge in [0.1, 0.15) is 0 Å². The van der Waals surface area contributed by atoms with Gasteiger partial charge in [-0.15, -0.1) is 35.4 Å². The van der Waals surface area contributed by atoms with Gasteiger partial charge in [0.05, 0.1) is 35.1 Å². The second-order valence-electron chi connectivity index (χ2n) is 13.4. The van der Waals surface area contributed by atoms with Gasteiger partial charge in [-0.05, 0) is 77.6 Å². The summed E-state index contributed by atoms with van der Waals surface area (Å²) < 4.78 is 57.3. The molecule has 57 heavy (non-hydrogen) atoms. The number of fused-ring (bicyclic) bond motifs is 2. The molecule has 0 aliphatic carbocycles. The van der Waals surface area contributed by atoms with Gasteiger partial charge in [0.25, 0.3) is 0 Å². The van der Waals surface area contributed by atoms with Crippen molar-refractivity contribution in [2.75, 3.05) is 0 Å². The first kappa shape index (κ1) is 30.6. The number of rotatable bonds is 6. The molecule has 0 bridgehead atoms. The molecule has 4 aromatic heterocycles. The van der Waals surface area contributed by atoms with Crippen molar-refractivity contribution in [3.8, 4) is 61.7 Å². The van der Waals surface area contributed by atoms with E-state index in [0.717, 1.165) is 72.5 Å². The Kier molecular flexibility index (Phi) is 8.73. The Bertz CT molecular complexity index is 3020. The molecule has 5 nitrogen and oxygen atoms in total. The maximum absolute atomic E-state index is 7.28. The van der Waals surface area contributed by atoms with E-state index in [2.05, 4.69) is 126 Å². The molecule has 4 heterocycles. The summed E-state index contributed by atoms with van der Waals surface area (Å²) in [5.41, 5.74) is 13.9. The van der Waals surface area contributed by atoms with Gasteiger partial charge in [-0.1, -0.05) is 121 Å². The number of furan rings is 2. The number of aryl methyl sites for hydroxylation is 3. The van der Waals surface area contributed by atoms with E-state index in [1.807, 2.05) is 24.3 Å². The van der Waals surface area contributed by atoms with Crippen molar-refractivity contribution in [2.45, 2.75) is 20.6 Å². The van der Waals surface area contributed by atoms with Gasteiger partial charge < -0.3 is 18.4 Å². The molecule has 0 saturated heterocycles. The van der Waals surface area contributed by atoms with Crippen LogP contribution in [0.2, 0.25) is 0 Å². The van der Waals surface area contributed by atoms with E-state index in [-0.39, 0.29) is 31.2 Å². The van der Waals surface area contributed by atoms with Crippen LogP contribution < -0.4 is 0 Å². The average molecular weight is 922 g/mol. The Labute approximate surface area is 354 Å². The second-order valence-corrected chi connectivity index (χ2v) is 13.4. The van der Waals surface area contributed by atoms with Crippen LogP contribution in [0.4, 0.5) is 0 Å². The maximum atomic E-state index is 7.28. The number of para-hydroxylation sites is 2. The third-order valence-electron chi connectivity index (χ3n) is 9.65. The first-order valence-corrected chi connectivity index (χ1v) is 18.1. The molecule has 6 heteroatoms. The van der Waals surface area contributed by atoms with E-state index in [1.165, 1.54) is 30.0 Å². The van der Waals surface area contributed by atoms with Gasteiger partial charge >= 0.3 is 0 Å². The van der Waals surface area contributed by atoms with Gasteiger partial charge in [0, 0.05) is 63.1 Å². The number of hydrogen-bond donors (Lipinski definition) is 0. The molecule has 0 fully saturated rings. The van der Waals surface area contributed by atoms with Gasteiger partial charge in [0.15, 0.2) is 0 Å². The van der Waals surface area contributed by atoms with E-state index < -0.39 is 13.7 Å².